The minimum absolute atomic E-state index is 0.336. The van der Waals surface area contributed by atoms with Gasteiger partial charge in [0.15, 0.2) is 5.82 Å². The molecule has 0 amide bonds. The van der Waals surface area contributed by atoms with Crippen LogP contribution in [0.25, 0.3) is 0 Å². The first-order valence-corrected chi connectivity index (χ1v) is 4.97. The molecule has 1 aromatic rings. The van der Waals surface area contributed by atoms with Crippen LogP contribution in [-0.4, -0.2) is 26.8 Å². The highest BCUT2D eigenvalue weighted by Gasteiger charge is 2.14. The van der Waals surface area contributed by atoms with Crippen molar-refractivity contribution in [2.75, 3.05) is 6.54 Å². The van der Waals surface area contributed by atoms with Crippen molar-refractivity contribution in [3.05, 3.63) is 5.82 Å². The highest BCUT2D eigenvalue weighted by molar-refractivity contribution is 4.77. The summed E-state index contributed by atoms with van der Waals surface area (Å²) in [4.78, 5) is 1.47. The van der Waals surface area contributed by atoms with E-state index in [0.29, 0.717) is 12.0 Å². The third-order valence-electron chi connectivity index (χ3n) is 2.39. The number of aromatic nitrogens is 4. The molecule has 0 atom stereocenters. The van der Waals surface area contributed by atoms with Crippen LogP contribution in [-0.2, 0) is 13.6 Å². The predicted octanol–water partition coefficient (Wildman–Crippen LogP) is 0.736. The average Bonchev–Trinajstić information content (AvgIpc) is 2.51. The monoisotopic (exact) mass is 197 g/mol. The van der Waals surface area contributed by atoms with Crippen molar-refractivity contribution < 1.29 is 0 Å². The molecule has 1 heterocycles. The zero-order valence-corrected chi connectivity index (χ0v) is 9.41. The van der Waals surface area contributed by atoms with E-state index in [9.17, 15) is 0 Å². The molecule has 1 N–H and O–H groups in total. The molecular weight excluding hydrogens is 178 g/mol. The minimum Gasteiger partial charge on any atom is -0.309 e. The summed E-state index contributed by atoms with van der Waals surface area (Å²) < 4.78 is 0. The second-order valence-electron chi connectivity index (χ2n) is 4.32. The van der Waals surface area contributed by atoms with Gasteiger partial charge in [0.1, 0.15) is 0 Å². The Morgan fingerprint density at radius 1 is 1.43 bits per heavy atom. The van der Waals surface area contributed by atoms with Gasteiger partial charge in [-0.15, -0.1) is 10.2 Å². The number of nitrogens with zero attached hydrogens (tertiary/aromatic N) is 4. The molecule has 0 spiro atoms. The van der Waals surface area contributed by atoms with Crippen LogP contribution < -0.4 is 5.32 Å². The zero-order valence-electron chi connectivity index (χ0n) is 9.41. The van der Waals surface area contributed by atoms with Gasteiger partial charge in [0.2, 0.25) is 0 Å². The summed E-state index contributed by atoms with van der Waals surface area (Å²) in [6.45, 7) is 8.34. The van der Waals surface area contributed by atoms with Crippen LogP contribution in [0, 0.1) is 5.41 Å². The molecular formula is C9H19N5. The van der Waals surface area contributed by atoms with Crippen LogP contribution in [0.4, 0.5) is 0 Å². The van der Waals surface area contributed by atoms with E-state index in [4.69, 9.17) is 0 Å². The standard InChI is InChI=1S/C9H19N5/c1-5-9(2,3)7-10-6-8-11-13-14(4)12-8/h10H,5-7H2,1-4H3. The molecule has 0 fully saturated rings. The first-order chi connectivity index (χ1) is 6.53. The van der Waals surface area contributed by atoms with E-state index < -0.39 is 0 Å². The molecule has 1 aromatic heterocycles. The summed E-state index contributed by atoms with van der Waals surface area (Å²) in [5, 5.41) is 15.1. The van der Waals surface area contributed by atoms with Gasteiger partial charge in [-0.1, -0.05) is 20.8 Å². The van der Waals surface area contributed by atoms with Gasteiger partial charge in [0.05, 0.1) is 13.6 Å². The Morgan fingerprint density at radius 3 is 2.64 bits per heavy atom. The van der Waals surface area contributed by atoms with Crippen LogP contribution in [0.15, 0.2) is 0 Å². The third kappa shape index (κ3) is 3.41. The molecule has 5 nitrogen and oxygen atoms in total. The van der Waals surface area contributed by atoms with Gasteiger partial charge in [-0.3, -0.25) is 0 Å². The third-order valence-corrected chi connectivity index (χ3v) is 2.39. The van der Waals surface area contributed by atoms with E-state index in [1.165, 1.54) is 4.80 Å². The van der Waals surface area contributed by atoms with Gasteiger partial charge in [0.25, 0.3) is 0 Å². The van der Waals surface area contributed by atoms with Crippen molar-refractivity contribution in [2.45, 2.75) is 33.7 Å². The van der Waals surface area contributed by atoms with Crippen molar-refractivity contribution in [3.63, 3.8) is 0 Å². The molecule has 0 saturated heterocycles. The number of rotatable bonds is 5. The first kappa shape index (κ1) is 11.1. The highest BCUT2D eigenvalue weighted by Crippen LogP contribution is 2.17. The van der Waals surface area contributed by atoms with Crippen LogP contribution >= 0.6 is 0 Å². The van der Waals surface area contributed by atoms with Crippen molar-refractivity contribution in [3.8, 4) is 0 Å². The molecule has 1 rings (SSSR count). The fraction of sp³-hybridized carbons (Fsp3) is 0.889. The SMILES string of the molecule is CCC(C)(C)CNCc1nnn(C)n1. The van der Waals surface area contributed by atoms with Gasteiger partial charge >= 0.3 is 0 Å². The molecule has 5 heteroatoms. The van der Waals surface area contributed by atoms with Crippen molar-refractivity contribution >= 4 is 0 Å². The quantitative estimate of drug-likeness (QED) is 0.756. The maximum Gasteiger partial charge on any atom is 0.188 e. The fourth-order valence-corrected chi connectivity index (χ4v) is 1.03. The number of hydrogen-bond donors (Lipinski definition) is 1. The minimum atomic E-state index is 0.336. The Hall–Kier alpha value is -0.970. The van der Waals surface area contributed by atoms with E-state index in [1.807, 2.05) is 0 Å². The number of nitrogens with one attached hydrogen (secondary N) is 1. The van der Waals surface area contributed by atoms with E-state index in [1.54, 1.807) is 7.05 Å². The molecule has 14 heavy (non-hydrogen) atoms. The molecule has 0 aliphatic heterocycles. The van der Waals surface area contributed by atoms with E-state index in [-0.39, 0.29) is 0 Å². The van der Waals surface area contributed by atoms with Crippen molar-refractivity contribution in [1.82, 2.24) is 25.5 Å². The molecule has 0 aromatic carbocycles. The smallest absolute Gasteiger partial charge is 0.188 e. The fourth-order valence-electron chi connectivity index (χ4n) is 1.03. The maximum absolute atomic E-state index is 4.09. The number of aryl methyl sites for hydroxylation is 1. The van der Waals surface area contributed by atoms with Gasteiger partial charge in [-0.2, -0.15) is 4.80 Å². The molecule has 0 radical (unpaired) electrons. The highest BCUT2D eigenvalue weighted by atomic mass is 15.6. The van der Waals surface area contributed by atoms with Crippen LogP contribution in [0.5, 0.6) is 0 Å². The summed E-state index contributed by atoms with van der Waals surface area (Å²) in [6, 6.07) is 0. The van der Waals surface area contributed by atoms with Gasteiger partial charge < -0.3 is 5.32 Å². The Kier molecular flexibility index (Phi) is 3.57. The Labute approximate surface area is 84.9 Å². The number of hydrogen-bond acceptors (Lipinski definition) is 4. The van der Waals surface area contributed by atoms with E-state index >= 15 is 0 Å². The maximum atomic E-state index is 4.09. The van der Waals surface area contributed by atoms with Crippen molar-refractivity contribution in [2.24, 2.45) is 12.5 Å². The lowest BCUT2D eigenvalue weighted by Gasteiger charge is -2.22. The lowest BCUT2D eigenvalue weighted by Crippen LogP contribution is -2.28. The van der Waals surface area contributed by atoms with Crippen LogP contribution in [0.3, 0.4) is 0 Å². The summed E-state index contributed by atoms with van der Waals surface area (Å²) >= 11 is 0. The van der Waals surface area contributed by atoms with Gasteiger partial charge in [0, 0.05) is 6.54 Å². The first-order valence-electron chi connectivity index (χ1n) is 4.97. The van der Waals surface area contributed by atoms with Crippen LogP contribution in [0.1, 0.15) is 33.0 Å². The summed E-state index contributed by atoms with van der Waals surface area (Å²) in [7, 11) is 1.77. The Bertz CT molecular complexity index is 278. The molecule has 0 saturated carbocycles. The van der Waals surface area contributed by atoms with Gasteiger partial charge in [-0.05, 0) is 17.0 Å². The second-order valence-corrected chi connectivity index (χ2v) is 4.32. The van der Waals surface area contributed by atoms with Crippen molar-refractivity contribution in [1.29, 1.82) is 0 Å². The topological polar surface area (TPSA) is 55.6 Å². The Balaban J connectivity index is 2.28. The molecule has 0 aliphatic carbocycles. The lowest BCUT2D eigenvalue weighted by molar-refractivity contribution is 0.326. The van der Waals surface area contributed by atoms with E-state index in [2.05, 4.69) is 41.5 Å². The van der Waals surface area contributed by atoms with Crippen LogP contribution in [0.2, 0.25) is 0 Å². The Morgan fingerprint density at radius 2 is 2.14 bits per heavy atom. The second kappa shape index (κ2) is 4.50. The molecule has 80 valence electrons. The summed E-state index contributed by atoms with van der Waals surface area (Å²) in [6.07, 6.45) is 1.16. The average molecular weight is 197 g/mol. The summed E-state index contributed by atoms with van der Waals surface area (Å²) in [5.74, 6) is 0.749. The summed E-state index contributed by atoms with van der Waals surface area (Å²) in [5.41, 5.74) is 0.336. The number of tetrazole rings is 1. The van der Waals surface area contributed by atoms with Gasteiger partial charge in [-0.25, -0.2) is 0 Å². The van der Waals surface area contributed by atoms with E-state index in [0.717, 1.165) is 18.8 Å². The molecule has 0 bridgehead atoms. The molecule has 0 unspecified atom stereocenters. The normalized spacial score (nSPS) is 12.0. The predicted molar refractivity (Wildman–Crippen MR) is 54.6 cm³/mol. The largest absolute Gasteiger partial charge is 0.309 e. The molecule has 0 aliphatic rings. The lowest BCUT2D eigenvalue weighted by atomic mass is 9.90. The zero-order chi connectivity index (χ0) is 10.6.